The van der Waals surface area contributed by atoms with Gasteiger partial charge >= 0.3 is 5.69 Å². The van der Waals surface area contributed by atoms with Gasteiger partial charge in [0.2, 0.25) is 0 Å². The normalized spacial score (nSPS) is 12.9. The number of nitrogens with zero attached hydrogens (tertiary/aromatic N) is 3. The molecular weight excluding hydrogens is 366 g/mol. The number of aromatic amines is 1. The van der Waals surface area contributed by atoms with E-state index in [0.717, 1.165) is 4.57 Å². The Morgan fingerprint density at radius 1 is 1.18 bits per heavy atom. The fraction of sp³-hybridized carbons (Fsp3) is 0.333. The molecule has 146 valence electrons. The molecule has 2 aromatic heterocycles. The minimum absolute atomic E-state index is 0.253. The highest BCUT2D eigenvalue weighted by Crippen LogP contribution is 2.30. The number of H-pyrrole nitrogens is 1. The van der Waals surface area contributed by atoms with Gasteiger partial charge in [-0.15, -0.1) is 0 Å². The Hall–Kier alpha value is -3.56. The number of imidazole rings is 1. The first kappa shape index (κ1) is 17.8. The summed E-state index contributed by atoms with van der Waals surface area (Å²) in [7, 11) is 2.97. The van der Waals surface area contributed by atoms with Crippen LogP contribution in [0.5, 0.6) is 11.5 Å². The smallest absolute Gasteiger partial charge is 0.332 e. The average Bonchev–Trinajstić information content (AvgIpc) is 3.14. The number of aromatic nitrogens is 4. The largest absolute Gasteiger partial charge is 0.486 e. The fourth-order valence-electron chi connectivity index (χ4n) is 3.07. The lowest BCUT2D eigenvalue weighted by Gasteiger charge is -2.18. The van der Waals surface area contributed by atoms with Crippen LogP contribution >= 0.6 is 0 Å². The van der Waals surface area contributed by atoms with Crippen LogP contribution in [0.3, 0.4) is 0 Å². The molecule has 28 heavy (non-hydrogen) atoms. The lowest BCUT2D eigenvalue weighted by molar-refractivity contribution is 0.0952. The van der Waals surface area contributed by atoms with E-state index in [0.29, 0.717) is 54.7 Å². The van der Waals surface area contributed by atoms with Crippen molar-refractivity contribution < 1.29 is 14.3 Å². The van der Waals surface area contributed by atoms with Crippen LogP contribution in [0.2, 0.25) is 0 Å². The fourth-order valence-corrected chi connectivity index (χ4v) is 3.07. The molecule has 1 aliphatic heterocycles. The summed E-state index contributed by atoms with van der Waals surface area (Å²) in [6, 6.07) is 5.02. The molecule has 4 rings (SSSR count). The Kier molecular flexibility index (Phi) is 4.38. The zero-order chi connectivity index (χ0) is 19.8. The van der Waals surface area contributed by atoms with Gasteiger partial charge in [-0.05, 0) is 18.2 Å². The molecular formula is C18H19N5O5. The van der Waals surface area contributed by atoms with Crippen LogP contribution in [0.1, 0.15) is 16.2 Å². The molecule has 0 saturated heterocycles. The lowest BCUT2D eigenvalue weighted by atomic mass is 10.2. The summed E-state index contributed by atoms with van der Waals surface area (Å²) >= 11 is 0. The van der Waals surface area contributed by atoms with E-state index >= 15 is 0 Å². The number of benzene rings is 1. The van der Waals surface area contributed by atoms with Crippen LogP contribution in [0, 0.1) is 0 Å². The summed E-state index contributed by atoms with van der Waals surface area (Å²) in [5.74, 6) is 1.43. The van der Waals surface area contributed by atoms with Gasteiger partial charge in [-0.3, -0.25) is 18.7 Å². The molecule has 0 radical (unpaired) electrons. The van der Waals surface area contributed by atoms with Crippen molar-refractivity contribution in [2.24, 2.45) is 14.1 Å². The third-order valence-electron chi connectivity index (χ3n) is 4.60. The van der Waals surface area contributed by atoms with E-state index in [2.05, 4.69) is 15.3 Å². The molecule has 1 aliphatic rings. The first-order valence-corrected chi connectivity index (χ1v) is 8.78. The van der Waals surface area contributed by atoms with E-state index < -0.39 is 11.2 Å². The number of hydrogen-bond donors (Lipinski definition) is 2. The second-order valence-corrected chi connectivity index (χ2v) is 6.45. The maximum atomic E-state index is 12.4. The van der Waals surface area contributed by atoms with Crippen LogP contribution in [-0.4, -0.2) is 44.8 Å². The van der Waals surface area contributed by atoms with Crippen LogP contribution in [0.15, 0.2) is 27.8 Å². The molecule has 10 heteroatoms. The summed E-state index contributed by atoms with van der Waals surface area (Å²) in [5.41, 5.74) is 0.142. The van der Waals surface area contributed by atoms with Crippen molar-refractivity contribution in [3.05, 3.63) is 50.4 Å². The Morgan fingerprint density at radius 2 is 1.93 bits per heavy atom. The van der Waals surface area contributed by atoms with Gasteiger partial charge in [-0.2, -0.15) is 0 Å². The zero-order valence-corrected chi connectivity index (χ0v) is 15.4. The summed E-state index contributed by atoms with van der Waals surface area (Å²) in [4.78, 5) is 43.8. The van der Waals surface area contributed by atoms with Crippen LogP contribution in [0.4, 0.5) is 0 Å². The molecule has 10 nitrogen and oxygen atoms in total. The topological polar surface area (TPSA) is 120 Å². The molecule has 0 unspecified atom stereocenters. The molecule has 1 aromatic carbocycles. The Balaban J connectivity index is 1.46. The van der Waals surface area contributed by atoms with Crippen molar-refractivity contribution in [1.82, 2.24) is 24.4 Å². The van der Waals surface area contributed by atoms with Gasteiger partial charge in [0.05, 0.1) is 0 Å². The molecule has 0 atom stereocenters. The van der Waals surface area contributed by atoms with E-state index in [1.807, 2.05) is 0 Å². The summed E-state index contributed by atoms with van der Waals surface area (Å²) in [6.07, 6.45) is 0.377. The Labute approximate surface area is 158 Å². The molecule has 2 N–H and O–H groups in total. The summed E-state index contributed by atoms with van der Waals surface area (Å²) < 4.78 is 13.3. The van der Waals surface area contributed by atoms with Crippen LogP contribution < -0.4 is 26.0 Å². The molecule has 1 amide bonds. The minimum atomic E-state index is -0.442. The van der Waals surface area contributed by atoms with Gasteiger partial charge in [0, 0.05) is 32.6 Å². The van der Waals surface area contributed by atoms with Crippen LogP contribution in [0.25, 0.3) is 11.2 Å². The zero-order valence-electron chi connectivity index (χ0n) is 15.4. The average molecular weight is 385 g/mol. The van der Waals surface area contributed by atoms with E-state index in [9.17, 15) is 14.4 Å². The second kappa shape index (κ2) is 6.87. The molecule has 0 fully saturated rings. The number of ether oxygens (including phenoxy) is 2. The number of aryl methyl sites for hydroxylation is 1. The third-order valence-corrected chi connectivity index (χ3v) is 4.60. The third kappa shape index (κ3) is 3.02. The van der Waals surface area contributed by atoms with Gasteiger partial charge in [0.25, 0.3) is 11.5 Å². The number of carbonyl (C=O) groups excluding carboxylic acids is 1. The van der Waals surface area contributed by atoms with E-state index in [-0.39, 0.29) is 11.4 Å². The van der Waals surface area contributed by atoms with Crippen molar-refractivity contribution in [3.63, 3.8) is 0 Å². The highest BCUT2D eigenvalue weighted by molar-refractivity contribution is 5.94. The number of rotatable bonds is 4. The number of amides is 1. The van der Waals surface area contributed by atoms with Gasteiger partial charge < -0.3 is 19.8 Å². The van der Waals surface area contributed by atoms with E-state index in [1.54, 1.807) is 25.2 Å². The number of nitrogens with one attached hydrogen (secondary N) is 2. The quantitative estimate of drug-likeness (QED) is 0.636. The molecule has 3 aromatic rings. The van der Waals surface area contributed by atoms with Gasteiger partial charge in [-0.25, -0.2) is 9.78 Å². The van der Waals surface area contributed by atoms with Crippen molar-refractivity contribution in [2.45, 2.75) is 6.42 Å². The first-order chi connectivity index (χ1) is 13.5. The number of carbonyl (C=O) groups is 1. The second-order valence-electron chi connectivity index (χ2n) is 6.45. The number of hydrogen-bond acceptors (Lipinski definition) is 6. The maximum Gasteiger partial charge on any atom is 0.332 e. The molecule has 0 spiro atoms. The van der Waals surface area contributed by atoms with Gasteiger partial charge in [0.1, 0.15) is 24.6 Å². The Morgan fingerprint density at radius 3 is 2.71 bits per heavy atom. The molecule has 0 saturated carbocycles. The van der Waals surface area contributed by atoms with Crippen molar-refractivity contribution in [1.29, 1.82) is 0 Å². The first-order valence-electron chi connectivity index (χ1n) is 8.78. The standard InChI is InChI=1S/C18H19N5O5/c1-22-15-14(17(25)23(2)18(22)26)20-13(21-15)5-6-19-16(24)10-3-4-11-12(9-10)28-8-7-27-11/h3-4,9H,5-8H2,1-2H3,(H,19,24)(H,20,21). The van der Waals surface area contributed by atoms with Gasteiger partial charge in [0.15, 0.2) is 17.1 Å². The predicted molar refractivity (Wildman–Crippen MR) is 100 cm³/mol. The summed E-state index contributed by atoms with van der Waals surface area (Å²) in [5, 5.41) is 2.80. The maximum absolute atomic E-state index is 12.4. The predicted octanol–water partition coefficient (Wildman–Crippen LogP) is -0.296. The van der Waals surface area contributed by atoms with Gasteiger partial charge in [-0.1, -0.05) is 0 Å². The highest BCUT2D eigenvalue weighted by atomic mass is 16.6. The highest BCUT2D eigenvalue weighted by Gasteiger charge is 2.16. The van der Waals surface area contributed by atoms with Crippen molar-refractivity contribution in [2.75, 3.05) is 19.8 Å². The number of fused-ring (bicyclic) bond motifs is 2. The minimum Gasteiger partial charge on any atom is -0.486 e. The molecule has 3 heterocycles. The van der Waals surface area contributed by atoms with E-state index in [4.69, 9.17) is 9.47 Å². The SMILES string of the molecule is Cn1c(=O)c2[nH]c(CCNC(=O)c3ccc4c(c3)OCCO4)nc2n(C)c1=O. The van der Waals surface area contributed by atoms with Crippen molar-refractivity contribution >= 4 is 17.1 Å². The van der Waals surface area contributed by atoms with E-state index in [1.165, 1.54) is 11.6 Å². The van der Waals surface area contributed by atoms with Crippen LogP contribution in [-0.2, 0) is 20.5 Å². The monoisotopic (exact) mass is 385 g/mol. The Bertz CT molecular complexity index is 1190. The van der Waals surface area contributed by atoms with Crippen molar-refractivity contribution in [3.8, 4) is 11.5 Å². The lowest BCUT2D eigenvalue weighted by Crippen LogP contribution is -2.36. The molecule has 0 aliphatic carbocycles. The molecule has 0 bridgehead atoms. The summed E-state index contributed by atoms with van der Waals surface area (Å²) in [6.45, 7) is 1.25.